The molecule has 2 aromatic heterocycles. The van der Waals surface area contributed by atoms with Gasteiger partial charge in [-0.25, -0.2) is 8.42 Å². The molecular weight excluding hydrogens is 430 g/mol. The highest BCUT2D eigenvalue weighted by molar-refractivity contribution is 7.92. The van der Waals surface area contributed by atoms with Crippen LogP contribution >= 0.6 is 0 Å². The van der Waals surface area contributed by atoms with E-state index in [0.29, 0.717) is 13.0 Å². The zero-order valence-electron chi connectivity index (χ0n) is 17.7. The van der Waals surface area contributed by atoms with Gasteiger partial charge in [0, 0.05) is 43.4 Å². The Morgan fingerprint density at radius 3 is 2.47 bits per heavy atom. The lowest BCUT2D eigenvalue weighted by atomic mass is 10.1. The Balaban J connectivity index is 1.61. The zero-order valence-corrected chi connectivity index (χ0v) is 18.5. The summed E-state index contributed by atoms with van der Waals surface area (Å²) in [5.41, 5.74) is 7.41. The molecule has 2 N–H and O–H groups in total. The molecule has 1 unspecified atom stereocenters. The molecule has 0 spiro atoms. The Morgan fingerprint density at radius 2 is 1.88 bits per heavy atom. The van der Waals surface area contributed by atoms with E-state index in [1.807, 2.05) is 42.5 Å². The maximum atomic E-state index is 12.5. The van der Waals surface area contributed by atoms with Crippen LogP contribution in [-0.2, 0) is 27.6 Å². The summed E-state index contributed by atoms with van der Waals surface area (Å²) in [5.74, 6) is -0.198. The van der Waals surface area contributed by atoms with E-state index in [0.717, 1.165) is 28.8 Å². The number of carbonyl (C=O) groups excluding carboxylic acids is 1. The third-order valence-electron chi connectivity index (χ3n) is 5.00. The van der Waals surface area contributed by atoms with Crippen molar-refractivity contribution in [1.82, 2.24) is 9.55 Å². The molecule has 32 heavy (non-hydrogen) atoms. The Bertz CT molecular complexity index is 1220. The number of pyridine rings is 2. The van der Waals surface area contributed by atoms with E-state index in [1.54, 1.807) is 18.5 Å². The molecule has 0 bridgehead atoms. The van der Waals surface area contributed by atoms with Gasteiger partial charge in [-0.05, 0) is 47.9 Å². The van der Waals surface area contributed by atoms with Crippen LogP contribution in [0.5, 0.6) is 5.75 Å². The fourth-order valence-corrected chi connectivity index (χ4v) is 4.21. The number of nitrogens with zero attached hydrogens (tertiary/aromatic N) is 2. The van der Waals surface area contributed by atoms with Crippen LogP contribution < -0.4 is 16.0 Å². The first kappa shape index (κ1) is 23.2. The summed E-state index contributed by atoms with van der Waals surface area (Å²) in [6.07, 6.45) is 4.93. The highest BCUT2D eigenvalue weighted by atomic mass is 32.2. The topological polar surface area (TPSA) is 121 Å². The van der Waals surface area contributed by atoms with Crippen molar-refractivity contribution in [3.05, 3.63) is 83.0 Å². The Hall–Kier alpha value is -3.46. The van der Waals surface area contributed by atoms with E-state index in [9.17, 15) is 18.0 Å². The standard InChI is InChI=1S/C23H25N3O5S/c1-32(29,30)21(23(24)28)10-14-26-13-9-18(16-22(26)27)17-5-7-20(8-6-17)31-15-11-19-4-2-3-12-25-19/h2-9,12-13,16,21H,10-11,14-15H2,1H3,(H2,24,28). The van der Waals surface area contributed by atoms with Crippen molar-refractivity contribution >= 4 is 15.7 Å². The number of hydrogen-bond acceptors (Lipinski definition) is 6. The molecule has 0 fully saturated rings. The lowest BCUT2D eigenvalue weighted by Gasteiger charge is -2.13. The monoisotopic (exact) mass is 455 g/mol. The van der Waals surface area contributed by atoms with E-state index in [4.69, 9.17) is 10.5 Å². The molecule has 0 radical (unpaired) electrons. The molecular formula is C23H25N3O5S. The molecule has 3 aromatic rings. The van der Waals surface area contributed by atoms with Crippen LogP contribution in [-0.4, -0.2) is 42.0 Å². The van der Waals surface area contributed by atoms with Crippen LogP contribution in [0, 0.1) is 0 Å². The summed E-state index contributed by atoms with van der Waals surface area (Å²) in [5, 5.41) is -1.32. The van der Waals surface area contributed by atoms with E-state index in [1.165, 1.54) is 10.6 Å². The number of hydrogen-bond donors (Lipinski definition) is 1. The van der Waals surface area contributed by atoms with Gasteiger partial charge in [-0.1, -0.05) is 18.2 Å². The van der Waals surface area contributed by atoms with Gasteiger partial charge in [0.25, 0.3) is 5.56 Å². The molecule has 1 atom stereocenters. The van der Waals surface area contributed by atoms with Crippen molar-refractivity contribution in [2.45, 2.75) is 24.6 Å². The maximum Gasteiger partial charge on any atom is 0.251 e. The second-order valence-electron chi connectivity index (χ2n) is 7.40. The van der Waals surface area contributed by atoms with E-state index in [2.05, 4.69) is 4.98 Å². The molecule has 0 saturated heterocycles. The molecule has 3 rings (SSSR count). The van der Waals surface area contributed by atoms with Gasteiger partial charge in [-0.2, -0.15) is 0 Å². The van der Waals surface area contributed by atoms with Crippen LogP contribution in [0.3, 0.4) is 0 Å². The number of carbonyl (C=O) groups is 1. The van der Waals surface area contributed by atoms with Crippen LogP contribution in [0.15, 0.2) is 71.8 Å². The average molecular weight is 456 g/mol. The predicted molar refractivity (Wildman–Crippen MR) is 122 cm³/mol. The quantitative estimate of drug-likeness (QED) is 0.498. The van der Waals surface area contributed by atoms with Gasteiger partial charge in [0.1, 0.15) is 11.0 Å². The van der Waals surface area contributed by atoms with Crippen molar-refractivity contribution < 1.29 is 17.9 Å². The minimum Gasteiger partial charge on any atom is -0.493 e. The van der Waals surface area contributed by atoms with Crippen LogP contribution in [0.2, 0.25) is 0 Å². The second-order valence-corrected chi connectivity index (χ2v) is 9.63. The lowest BCUT2D eigenvalue weighted by molar-refractivity contribution is -0.117. The summed E-state index contributed by atoms with van der Waals surface area (Å²) >= 11 is 0. The second kappa shape index (κ2) is 10.2. The van der Waals surface area contributed by atoms with Gasteiger partial charge in [0.2, 0.25) is 5.91 Å². The predicted octanol–water partition coefficient (Wildman–Crippen LogP) is 1.82. The number of benzene rings is 1. The van der Waals surface area contributed by atoms with E-state index >= 15 is 0 Å². The number of rotatable bonds is 10. The van der Waals surface area contributed by atoms with Crippen molar-refractivity contribution in [1.29, 1.82) is 0 Å². The summed E-state index contributed by atoms with van der Waals surface area (Å²) in [7, 11) is -3.63. The van der Waals surface area contributed by atoms with Gasteiger partial charge in [0.15, 0.2) is 9.84 Å². The number of sulfone groups is 1. The summed E-state index contributed by atoms with van der Waals surface area (Å²) in [6, 6.07) is 16.4. The third kappa shape index (κ3) is 6.27. The zero-order chi connectivity index (χ0) is 23.1. The smallest absolute Gasteiger partial charge is 0.251 e. The number of aromatic nitrogens is 2. The lowest BCUT2D eigenvalue weighted by Crippen LogP contribution is -2.36. The number of primary amides is 1. The van der Waals surface area contributed by atoms with Crippen LogP contribution in [0.25, 0.3) is 11.1 Å². The summed E-state index contributed by atoms with van der Waals surface area (Å²) in [6.45, 7) is 0.578. The number of amides is 1. The largest absolute Gasteiger partial charge is 0.493 e. The van der Waals surface area contributed by atoms with E-state index in [-0.39, 0.29) is 18.5 Å². The SMILES string of the molecule is CS(=O)(=O)C(CCn1ccc(-c2ccc(OCCc3ccccn3)cc2)cc1=O)C(N)=O. The minimum absolute atomic E-state index is 0.0576. The summed E-state index contributed by atoms with van der Waals surface area (Å²) < 4.78 is 30.5. The van der Waals surface area contributed by atoms with E-state index < -0.39 is 21.0 Å². The van der Waals surface area contributed by atoms with Crippen molar-refractivity contribution in [3.8, 4) is 16.9 Å². The first-order chi connectivity index (χ1) is 15.2. The molecule has 1 aromatic carbocycles. The molecule has 0 aliphatic rings. The highest BCUT2D eigenvalue weighted by Crippen LogP contribution is 2.21. The number of aryl methyl sites for hydroxylation is 1. The van der Waals surface area contributed by atoms with Gasteiger partial charge >= 0.3 is 0 Å². The normalized spacial score (nSPS) is 12.3. The van der Waals surface area contributed by atoms with Gasteiger partial charge in [0.05, 0.1) is 6.61 Å². The molecule has 8 nitrogen and oxygen atoms in total. The Labute approximate surface area is 186 Å². The molecule has 1 amide bonds. The fourth-order valence-electron chi connectivity index (χ4n) is 3.26. The molecule has 9 heteroatoms. The maximum absolute atomic E-state index is 12.5. The number of ether oxygens (including phenoxy) is 1. The van der Waals surface area contributed by atoms with Gasteiger partial charge in [-0.15, -0.1) is 0 Å². The highest BCUT2D eigenvalue weighted by Gasteiger charge is 2.26. The van der Waals surface area contributed by atoms with Crippen LogP contribution in [0.4, 0.5) is 0 Å². The molecule has 0 aliphatic carbocycles. The average Bonchev–Trinajstić information content (AvgIpc) is 2.75. The van der Waals surface area contributed by atoms with Gasteiger partial charge < -0.3 is 15.0 Å². The van der Waals surface area contributed by atoms with Crippen molar-refractivity contribution in [2.75, 3.05) is 12.9 Å². The molecule has 168 valence electrons. The van der Waals surface area contributed by atoms with Gasteiger partial charge in [-0.3, -0.25) is 14.6 Å². The summed E-state index contributed by atoms with van der Waals surface area (Å²) in [4.78, 5) is 28.1. The first-order valence-corrected chi connectivity index (χ1v) is 12.0. The molecule has 0 saturated carbocycles. The van der Waals surface area contributed by atoms with Crippen LogP contribution in [0.1, 0.15) is 12.1 Å². The first-order valence-electron chi connectivity index (χ1n) is 10.1. The van der Waals surface area contributed by atoms with Crippen molar-refractivity contribution in [2.24, 2.45) is 5.73 Å². The molecule has 2 heterocycles. The minimum atomic E-state index is -3.63. The number of nitrogens with two attached hydrogens (primary N) is 1. The third-order valence-corrected chi connectivity index (χ3v) is 6.50. The van der Waals surface area contributed by atoms with Crippen molar-refractivity contribution in [3.63, 3.8) is 0 Å². The molecule has 0 aliphatic heterocycles. The fraction of sp³-hybridized carbons (Fsp3) is 0.261. The Kier molecular flexibility index (Phi) is 7.42. The Morgan fingerprint density at radius 1 is 1.12 bits per heavy atom.